The Kier molecular flexibility index (Phi) is 4.24. The first-order valence-corrected chi connectivity index (χ1v) is 6.31. The van der Waals surface area contributed by atoms with Gasteiger partial charge in [0.25, 0.3) is 0 Å². The van der Waals surface area contributed by atoms with Gasteiger partial charge in [-0.15, -0.1) is 0 Å². The highest BCUT2D eigenvalue weighted by Gasteiger charge is 2.12. The molecule has 1 aromatic carbocycles. The molecule has 0 saturated carbocycles. The summed E-state index contributed by atoms with van der Waals surface area (Å²) in [5.41, 5.74) is 8.60. The average molecular weight is 274 g/mol. The van der Waals surface area contributed by atoms with Crippen LogP contribution in [0.4, 0.5) is 11.4 Å². The number of hydrogen-bond donors (Lipinski definition) is 2. The first-order valence-electron chi connectivity index (χ1n) is 6.31. The molecule has 2 aromatic rings. The lowest BCUT2D eigenvalue weighted by atomic mass is 10.1. The van der Waals surface area contributed by atoms with E-state index in [2.05, 4.69) is 10.4 Å². The van der Waals surface area contributed by atoms with Crippen LogP contribution in [0.2, 0.25) is 0 Å². The molecule has 0 atom stereocenters. The maximum Gasteiger partial charge on any atom is 0.340 e. The highest BCUT2D eigenvalue weighted by Crippen LogP contribution is 2.23. The van der Waals surface area contributed by atoms with E-state index in [9.17, 15) is 4.79 Å². The van der Waals surface area contributed by atoms with Crippen LogP contribution in [-0.4, -0.2) is 29.4 Å². The maximum absolute atomic E-state index is 11.6. The molecule has 0 aliphatic carbocycles. The molecule has 0 aliphatic rings. The van der Waals surface area contributed by atoms with Crippen molar-refractivity contribution < 1.29 is 9.53 Å². The molecule has 3 N–H and O–H groups in total. The van der Waals surface area contributed by atoms with Crippen LogP contribution < -0.4 is 11.1 Å². The Morgan fingerprint density at radius 3 is 2.90 bits per heavy atom. The van der Waals surface area contributed by atoms with Gasteiger partial charge in [-0.2, -0.15) is 5.10 Å². The molecule has 0 radical (unpaired) electrons. The Morgan fingerprint density at radius 2 is 2.25 bits per heavy atom. The summed E-state index contributed by atoms with van der Waals surface area (Å²) in [4.78, 5) is 11.6. The Hall–Kier alpha value is -2.50. The third-order valence-electron chi connectivity index (χ3n) is 3.13. The number of carbonyl (C=O) groups excluding carboxylic acids is 1. The zero-order valence-electron chi connectivity index (χ0n) is 11.6. The number of carbonyl (C=O) groups is 1. The van der Waals surface area contributed by atoms with E-state index in [1.165, 1.54) is 7.11 Å². The van der Waals surface area contributed by atoms with E-state index < -0.39 is 5.97 Å². The van der Waals surface area contributed by atoms with Crippen LogP contribution in [0.25, 0.3) is 0 Å². The monoisotopic (exact) mass is 274 g/mol. The van der Waals surface area contributed by atoms with E-state index in [1.807, 2.05) is 23.9 Å². The minimum atomic E-state index is -0.433. The zero-order chi connectivity index (χ0) is 14.5. The highest BCUT2D eigenvalue weighted by molar-refractivity contribution is 5.98. The van der Waals surface area contributed by atoms with Crippen molar-refractivity contribution in [1.29, 1.82) is 0 Å². The first kappa shape index (κ1) is 13.9. The Bertz CT molecular complexity index is 607. The number of benzene rings is 1. The fraction of sp³-hybridized carbons (Fsp3) is 0.286. The van der Waals surface area contributed by atoms with Crippen molar-refractivity contribution in [1.82, 2.24) is 9.78 Å². The Labute approximate surface area is 117 Å². The van der Waals surface area contributed by atoms with Gasteiger partial charge in [-0.05, 0) is 18.2 Å². The standard InChI is InChI=1S/C14H18N4O2/c1-18-10(7-9-17-18)6-8-16-12-5-3-4-11(13(12)15)14(19)20-2/h3-5,7,9,16H,6,8,15H2,1-2H3. The van der Waals surface area contributed by atoms with Gasteiger partial charge in [0.2, 0.25) is 0 Å². The average Bonchev–Trinajstić information content (AvgIpc) is 2.85. The molecule has 6 nitrogen and oxygen atoms in total. The number of aryl methyl sites for hydroxylation is 1. The van der Waals surface area contributed by atoms with Crippen LogP contribution in [0.3, 0.4) is 0 Å². The lowest BCUT2D eigenvalue weighted by Gasteiger charge is -2.12. The molecule has 0 aliphatic heterocycles. The predicted octanol–water partition coefficient (Wildman–Crippen LogP) is 1.44. The van der Waals surface area contributed by atoms with Crippen LogP contribution in [-0.2, 0) is 18.2 Å². The maximum atomic E-state index is 11.6. The minimum Gasteiger partial charge on any atom is -0.465 e. The van der Waals surface area contributed by atoms with E-state index in [-0.39, 0.29) is 0 Å². The van der Waals surface area contributed by atoms with Crippen molar-refractivity contribution in [3.8, 4) is 0 Å². The number of esters is 1. The Balaban J connectivity index is 2.03. The fourth-order valence-corrected chi connectivity index (χ4v) is 1.98. The summed E-state index contributed by atoms with van der Waals surface area (Å²) < 4.78 is 6.52. The summed E-state index contributed by atoms with van der Waals surface area (Å²) in [6, 6.07) is 7.23. The Morgan fingerprint density at radius 1 is 1.45 bits per heavy atom. The number of aromatic nitrogens is 2. The number of methoxy groups -OCH3 is 1. The lowest BCUT2D eigenvalue weighted by molar-refractivity contribution is 0.0602. The molecule has 106 valence electrons. The molecule has 2 rings (SSSR count). The summed E-state index contributed by atoms with van der Waals surface area (Å²) in [6.07, 6.45) is 2.58. The van der Waals surface area contributed by atoms with Crippen molar-refractivity contribution in [2.45, 2.75) is 6.42 Å². The van der Waals surface area contributed by atoms with Gasteiger partial charge in [0, 0.05) is 31.9 Å². The number of nitrogens with zero attached hydrogens (tertiary/aromatic N) is 2. The molecule has 1 heterocycles. The summed E-state index contributed by atoms with van der Waals surface area (Å²) in [7, 11) is 3.24. The number of rotatable bonds is 5. The zero-order valence-corrected chi connectivity index (χ0v) is 11.6. The van der Waals surface area contributed by atoms with Crippen molar-refractivity contribution in [2.75, 3.05) is 24.7 Å². The third kappa shape index (κ3) is 2.90. The largest absolute Gasteiger partial charge is 0.465 e. The van der Waals surface area contributed by atoms with Crippen LogP contribution >= 0.6 is 0 Å². The van der Waals surface area contributed by atoms with E-state index >= 15 is 0 Å². The third-order valence-corrected chi connectivity index (χ3v) is 3.13. The SMILES string of the molecule is COC(=O)c1cccc(NCCc2ccnn2C)c1N. The van der Waals surface area contributed by atoms with E-state index in [0.717, 1.165) is 17.8 Å². The molecule has 0 amide bonds. The van der Waals surface area contributed by atoms with Gasteiger partial charge < -0.3 is 15.8 Å². The van der Waals surface area contributed by atoms with Gasteiger partial charge in [-0.1, -0.05) is 6.07 Å². The molecule has 0 spiro atoms. The van der Waals surface area contributed by atoms with Crippen molar-refractivity contribution in [2.24, 2.45) is 7.05 Å². The molecular formula is C14H18N4O2. The predicted molar refractivity (Wildman–Crippen MR) is 77.6 cm³/mol. The van der Waals surface area contributed by atoms with Crippen LogP contribution in [0.15, 0.2) is 30.5 Å². The first-order chi connectivity index (χ1) is 9.63. The van der Waals surface area contributed by atoms with Crippen molar-refractivity contribution >= 4 is 17.3 Å². The van der Waals surface area contributed by atoms with E-state index in [1.54, 1.807) is 18.3 Å². The van der Waals surface area contributed by atoms with Gasteiger partial charge in [0.1, 0.15) is 0 Å². The number of nitrogen functional groups attached to an aromatic ring is 1. The quantitative estimate of drug-likeness (QED) is 0.637. The second kappa shape index (κ2) is 6.10. The molecule has 0 fully saturated rings. The second-order valence-electron chi connectivity index (χ2n) is 4.38. The summed E-state index contributed by atoms with van der Waals surface area (Å²) in [6.45, 7) is 0.703. The summed E-state index contributed by atoms with van der Waals surface area (Å²) >= 11 is 0. The number of nitrogens with one attached hydrogen (secondary N) is 1. The topological polar surface area (TPSA) is 82.2 Å². The smallest absolute Gasteiger partial charge is 0.340 e. The number of anilines is 2. The molecular weight excluding hydrogens is 256 g/mol. The van der Waals surface area contributed by atoms with Crippen molar-refractivity contribution in [3.05, 3.63) is 41.7 Å². The van der Waals surface area contributed by atoms with Gasteiger partial charge in [0.15, 0.2) is 0 Å². The highest BCUT2D eigenvalue weighted by atomic mass is 16.5. The minimum absolute atomic E-state index is 0.373. The van der Waals surface area contributed by atoms with Crippen LogP contribution in [0, 0.1) is 0 Å². The number of ether oxygens (including phenoxy) is 1. The van der Waals surface area contributed by atoms with Gasteiger partial charge in [0.05, 0.1) is 24.0 Å². The van der Waals surface area contributed by atoms with E-state index in [4.69, 9.17) is 10.5 Å². The van der Waals surface area contributed by atoms with Gasteiger partial charge in [-0.25, -0.2) is 4.79 Å². The van der Waals surface area contributed by atoms with Crippen molar-refractivity contribution in [3.63, 3.8) is 0 Å². The summed E-state index contributed by atoms with van der Waals surface area (Å²) in [5.74, 6) is -0.433. The molecule has 1 aromatic heterocycles. The normalized spacial score (nSPS) is 10.3. The molecule has 0 bridgehead atoms. The fourth-order valence-electron chi connectivity index (χ4n) is 1.98. The van der Waals surface area contributed by atoms with E-state index in [0.29, 0.717) is 17.8 Å². The van der Waals surface area contributed by atoms with Gasteiger partial charge >= 0.3 is 5.97 Å². The molecule has 0 saturated heterocycles. The lowest BCUT2D eigenvalue weighted by Crippen LogP contribution is -2.12. The molecule has 6 heteroatoms. The molecule has 0 unspecified atom stereocenters. The van der Waals surface area contributed by atoms with Gasteiger partial charge in [-0.3, -0.25) is 4.68 Å². The summed E-state index contributed by atoms with van der Waals surface area (Å²) in [5, 5.41) is 7.34. The number of para-hydroxylation sites is 1. The van der Waals surface area contributed by atoms with Crippen LogP contribution in [0.1, 0.15) is 16.1 Å². The molecule has 20 heavy (non-hydrogen) atoms. The number of hydrogen-bond acceptors (Lipinski definition) is 5. The number of nitrogens with two attached hydrogens (primary N) is 1. The van der Waals surface area contributed by atoms with Crippen LogP contribution in [0.5, 0.6) is 0 Å². The second-order valence-corrected chi connectivity index (χ2v) is 4.38.